The highest BCUT2D eigenvalue weighted by Crippen LogP contribution is 2.19. The maximum absolute atomic E-state index is 12.4. The van der Waals surface area contributed by atoms with Crippen LogP contribution in [0.3, 0.4) is 0 Å². The summed E-state index contributed by atoms with van der Waals surface area (Å²) in [7, 11) is -7.01. The van der Waals surface area contributed by atoms with Gasteiger partial charge in [-0.2, -0.15) is 0 Å². The second kappa shape index (κ2) is 6.86. The van der Waals surface area contributed by atoms with E-state index in [1.165, 1.54) is 30.5 Å². The highest BCUT2D eigenvalue weighted by molar-refractivity contribution is 7.92. The lowest BCUT2D eigenvalue weighted by Gasteiger charge is -2.12. The number of carbonyl (C=O) groups is 1. The van der Waals surface area contributed by atoms with Crippen LogP contribution in [0.1, 0.15) is 22.5 Å². The van der Waals surface area contributed by atoms with Gasteiger partial charge in [-0.05, 0) is 43.7 Å². The molecule has 0 saturated carbocycles. The quantitative estimate of drug-likeness (QED) is 0.783. The predicted octanol–water partition coefficient (Wildman–Crippen LogP) is 1.31. The van der Waals surface area contributed by atoms with Crippen LogP contribution in [0.4, 0.5) is 5.69 Å². The summed E-state index contributed by atoms with van der Waals surface area (Å²) >= 11 is 0. The van der Waals surface area contributed by atoms with Gasteiger partial charge in [-0.15, -0.1) is 0 Å². The third-order valence-corrected chi connectivity index (χ3v) is 7.35. The summed E-state index contributed by atoms with van der Waals surface area (Å²) in [6, 6.07) is 6.64. The monoisotopic (exact) mass is 398 g/mol. The Bertz CT molecular complexity index is 1020. The normalized spacial score (nSPS) is 19.3. The van der Waals surface area contributed by atoms with Gasteiger partial charge in [-0.25, -0.2) is 21.6 Å². The number of carbonyl (C=O) groups excluding carboxylic acids is 1. The van der Waals surface area contributed by atoms with Gasteiger partial charge in [0.2, 0.25) is 10.0 Å². The minimum absolute atomic E-state index is 0.00558. The highest BCUT2D eigenvalue weighted by Gasteiger charge is 2.31. The van der Waals surface area contributed by atoms with Gasteiger partial charge in [0.15, 0.2) is 15.6 Å². The van der Waals surface area contributed by atoms with E-state index in [0.717, 1.165) is 0 Å². The molecule has 140 valence electrons. The van der Waals surface area contributed by atoms with Crippen LogP contribution in [0.25, 0.3) is 0 Å². The van der Waals surface area contributed by atoms with Gasteiger partial charge in [0.25, 0.3) is 5.91 Å². The van der Waals surface area contributed by atoms with Gasteiger partial charge in [0, 0.05) is 17.3 Å². The summed E-state index contributed by atoms with van der Waals surface area (Å²) in [5.41, 5.74) is 1.10. The van der Waals surface area contributed by atoms with E-state index in [2.05, 4.69) is 10.0 Å². The van der Waals surface area contributed by atoms with Crippen LogP contribution in [0.2, 0.25) is 0 Å². The molecule has 0 aliphatic carbocycles. The predicted molar refractivity (Wildman–Crippen MR) is 95.2 cm³/mol. The minimum atomic E-state index is -3.83. The van der Waals surface area contributed by atoms with Crippen LogP contribution >= 0.6 is 0 Å². The van der Waals surface area contributed by atoms with E-state index in [1.807, 2.05) is 0 Å². The first kappa shape index (κ1) is 18.6. The van der Waals surface area contributed by atoms with E-state index in [0.29, 0.717) is 11.3 Å². The summed E-state index contributed by atoms with van der Waals surface area (Å²) in [5.74, 6) is -0.455. The van der Waals surface area contributed by atoms with E-state index in [-0.39, 0.29) is 28.6 Å². The number of amides is 1. The lowest BCUT2D eigenvalue weighted by Crippen LogP contribution is -2.35. The molecule has 0 spiro atoms. The molecule has 2 aromatic rings. The van der Waals surface area contributed by atoms with Crippen molar-refractivity contribution < 1.29 is 26.0 Å². The number of aryl methyl sites for hydroxylation is 1. The lowest BCUT2D eigenvalue weighted by molar-refractivity contribution is 0.0996. The first-order valence-corrected chi connectivity index (χ1v) is 11.1. The Kier molecular flexibility index (Phi) is 4.91. The van der Waals surface area contributed by atoms with Crippen molar-refractivity contribution in [2.24, 2.45) is 0 Å². The zero-order chi connectivity index (χ0) is 18.9. The van der Waals surface area contributed by atoms with Crippen LogP contribution in [0.15, 0.2) is 45.9 Å². The topological polar surface area (TPSA) is 123 Å². The van der Waals surface area contributed by atoms with Crippen LogP contribution < -0.4 is 10.0 Å². The van der Waals surface area contributed by atoms with E-state index in [1.54, 1.807) is 13.0 Å². The fourth-order valence-corrected chi connectivity index (χ4v) is 5.74. The average Bonchev–Trinajstić information content (AvgIpc) is 3.12. The molecule has 0 unspecified atom stereocenters. The molecule has 1 aliphatic rings. The first-order valence-electron chi connectivity index (χ1n) is 7.84. The summed E-state index contributed by atoms with van der Waals surface area (Å²) in [6.07, 6.45) is 1.67. The molecule has 2 N–H and O–H groups in total. The molecule has 1 aromatic heterocycles. The lowest BCUT2D eigenvalue weighted by atomic mass is 10.2. The number of anilines is 1. The number of furan rings is 1. The second-order valence-corrected chi connectivity index (χ2v) is 10.1. The second-order valence-electron chi connectivity index (χ2n) is 6.13. The molecule has 1 amide bonds. The third-order valence-electron chi connectivity index (χ3n) is 4.05. The molecule has 2 heterocycles. The average molecular weight is 398 g/mol. The Balaban J connectivity index is 1.69. The zero-order valence-electron chi connectivity index (χ0n) is 13.9. The summed E-state index contributed by atoms with van der Waals surface area (Å²) in [5, 5.41) is 2.62. The fraction of sp³-hybridized carbons (Fsp3) is 0.312. The molecule has 1 aliphatic heterocycles. The third kappa shape index (κ3) is 4.14. The van der Waals surface area contributed by atoms with E-state index < -0.39 is 31.8 Å². The number of benzene rings is 1. The molecule has 0 radical (unpaired) electrons. The van der Waals surface area contributed by atoms with Crippen molar-refractivity contribution in [3.05, 3.63) is 47.9 Å². The number of sulfone groups is 1. The van der Waals surface area contributed by atoms with Crippen LogP contribution in [0.5, 0.6) is 0 Å². The number of sulfonamides is 1. The minimum Gasteiger partial charge on any atom is -0.459 e. The molecule has 1 aromatic carbocycles. The van der Waals surface area contributed by atoms with Gasteiger partial charge < -0.3 is 9.73 Å². The summed E-state index contributed by atoms with van der Waals surface area (Å²) in [4.78, 5) is 12.1. The van der Waals surface area contributed by atoms with E-state index >= 15 is 0 Å². The van der Waals surface area contributed by atoms with Crippen LogP contribution in [-0.2, 0) is 19.9 Å². The Morgan fingerprint density at radius 2 is 1.88 bits per heavy atom. The SMILES string of the molecule is Cc1ccoc1C(=O)Nc1ccc(S(=O)(=O)N[C@H]2CCS(=O)(=O)C2)cc1. The molecule has 8 nitrogen and oxygen atoms in total. The van der Waals surface area contributed by atoms with Crippen molar-refractivity contribution in [3.63, 3.8) is 0 Å². The van der Waals surface area contributed by atoms with E-state index in [9.17, 15) is 21.6 Å². The molecule has 1 fully saturated rings. The standard InChI is InChI=1S/C16H18N2O6S2/c1-11-6-8-24-15(11)16(19)17-12-2-4-14(5-3-12)26(22,23)18-13-7-9-25(20,21)10-13/h2-6,8,13,18H,7,9-10H2,1H3,(H,17,19)/t13-/m0/s1. The molecule has 3 rings (SSSR count). The van der Waals surface area contributed by atoms with Crippen molar-refractivity contribution in [3.8, 4) is 0 Å². The largest absolute Gasteiger partial charge is 0.459 e. The van der Waals surface area contributed by atoms with Gasteiger partial charge >= 0.3 is 0 Å². The number of hydrogen-bond donors (Lipinski definition) is 2. The zero-order valence-corrected chi connectivity index (χ0v) is 15.6. The van der Waals surface area contributed by atoms with Gasteiger partial charge in [-0.1, -0.05) is 0 Å². The first-order chi connectivity index (χ1) is 12.2. The van der Waals surface area contributed by atoms with Crippen molar-refractivity contribution in [2.75, 3.05) is 16.8 Å². The number of rotatable bonds is 5. The molecule has 1 saturated heterocycles. The number of hydrogen-bond acceptors (Lipinski definition) is 6. The Labute approximate surface area is 151 Å². The Hall–Kier alpha value is -2.17. The maximum Gasteiger partial charge on any atom is 0.291 e. The van der Waals surface area contributed by atoms with Gasteiger partial charge in [-0.3, -0.25) is 4.79 Å². The Morgan fingerprint density at radius 3 is 2.42 bits per heavy atom. The van der Waals surface area contributed by atoms with Gasteiger partial charge in [0.05, 0.1) is 22.7 Å². The highest BCUT2D eigenvalue weighted by atomic mass is 32.2. The molecular formula is C16H18N2O6S2. The fourth-order valence-electron chi connectivity index (χ4n) is 2.69. The molecule has 10 heteroatoms. The maximum atomic E-state index is 12.4. The van der Waals surface area contributed by atoms with Crippen LogP contribution in [-0.4, -0.2) is 40.3 Å². The molecule has 0 bridgehead atoms. The molecular weight excluding hydrogens is 380 g/mol. The Morgan fingerprint density at radius 1 is 1.19 bits per heavy atom. The van der Waals surface area contributed by atoms with Crippen molar-refractivity contribution >= 4 is 31.5 Å². The molecule has 26 heavy (non-hydrogen) atoms. The number of nitrogens with one attached hydrogen (secondary N) is 2. The van der Waals surface area contributed by atoms with Crippen molar-refractivity contribution in [1.82, 2.24) is 4.72 Å². The molecule has 1 atom stereocenters. The van der Waals surface area contributed by atoms with Gasteiger partial charge in [0.1, 0.15) is 0 Å². The van der Waals surface area contributed by atoms with Crippen molar-refractivity contribution in [2.45, 2.75) is 24.3 Å². The van der Waals surface area contributed by atoms with Crippen LogP contribution in [0, 0.1) is 6.92 Å². The summed E-state index contributed by atoms with van der Waals surface area (Å²) in [6.45, 7) is 1.74. The summed E-state index contributed by atoms with van der Waals surface area (Å²) < 4.78 is 55.1. The van der Waals surface area contributed by atoms with Crippen molar-refractivity contribution in [1.29, 1.82) is 0 Å². The van der Waals surface area contributed by atoms with E-state index in [4.69, 9.17) is 4.42 Å². The smallest absolute Gasteiger partial charge is 0.291 e.